The largest absolute Gasteiger partial charge is 0.506 e. The molecule has 0 aliphatic heterocycles. The van der Waals surface area contributed by atoms with Crippen molar-refractivity contribution in [3.05, 3.63) is 60.3 Å². The summed E-state index contributed by atoms with van der Waals surface area (Å²) >= 11 is 10.2. The Balaban J connectivity index is 2.03. The van der Waals surface area contributed by atoms with Crippen molar-refractivity contribution in [1.82, 2.24) is 4.98 Å². The predicted octanol–water partition coefficient (Wildman–Crippen LogP) is 5.02. The van der Waals surface area contributed by atoms with Crippen LogP contribution in [0.3, 0.4) is 0 Å². The quantitative estimate of drug-likeness (QED) is 0.276. The Kier molecular flexibility index (Phi) is 4.93. The maximum Gasteiger partial charge on any atom is 0.347 e. The molecule has 0 amide bonds. The molecular formula is C16H8ClI2NO3. The van der Waals surface area contributed by atoms with Crippen LogP contribution in [0.5, 0.6) is 11.5 Å². The van der Waals surface area contributed by atoms with Crippen molar-refractivity contribution in [3.63, 3.8) is 0 Å². The summed E-state index contributed by atoms with van der Waals surface area (Å²) in [4.78, 5) is 16.6. The van der Waals surface area contributed by atoms with Crippen molar-refractivity contribution in [3.8, 4) is 11.5 Å². The summed E-state index contributed by atoms with van der Waals surface area (Å²) in [5.41, 5.74) is 0.605. The first-order chi connectivity index (χ1) is 11.0. The van der Waals surface area contributed by atoms with Gasteiger partial charge in [-0.15, -0.1) is 0 Å². The van der Waals surface area contributed by atoms with Crippen LogP contribution in [0.2, 0.25) is 5.02 Å². The lowest BCUT2D eigenvalue weighted by molar-refractivity contribution is 0.0733. The Labute approximate surface area is 164 Å². The van der Waals surface area contributed by atoms with E-state index in [4.69, 9.17) is 16.3 Å². The second-order valence-electron chi connectivity index (χ2n) is 4.62. The molecule has 0 saturated carbocycles. The van der Waals surface area contributed by atoms with Crippen LogP contribution in [-0.4, -0.2) is 16.1 Å². The Morgan fingerprint density at radius 2 is 2.00 bits per heavy atom. The molecule has 116 valence electrons. The topological polar surface area (TPSA) is 59.4 Å². The number of benzene rings is 2. The predicted molar refractivity (Wildman–Crippen MR) is 105 cm³/mol. The number of rotatable bonds is 2. The van der Waals surface area contributed by atoms with E-state index in [0.717, 1.165) is 3.57 Å². The van der Waals surface area contributed by atoms with E-state index in [1.54, 1.807) is 42.6 Å². The Hall–Kier alpha value is -1.13. The molecule has 4 nitrogen and oxygen atoms in total. The molecule has 7 heteroatoms. The second kappa shape index (κ2) is 6.78. The molecule has 0 aliphatic carbocycles. The lowest BCUT2D eigenvalue weighted by atomic mass is 10.2. The third-order valence-corrected chi connectivity index (χ3v) is 4.90. The van der Waals surface area contributed by atoms with E-state index in [9.17, 15) is 9.90 Å². The first-order valence-corrected chi connectivity index (χ1v) is 8.94. The van der Waals surface area contributed by atoms with Gasteiger partial charge in [-0.25, -0.2) is 4.79 Å². The van der Waals surface area contributed by atoms with Crippen molar-refractivity contribution in [1.29, 1.82) is 0 Å². The summed E-state index contributed by atoms with van der Waals surface area (Å²) in [6.07, 6.45) is 1.60. The number of esters is 1. The summed E-state index contributed by atoms with van der Waals surface area (Å²) in [5.74, 6) is -0.446. The molecule has 3 rings (SSSR count). The molecule has 23 heavy (non-hydrogen) atoms. The molecular weight excluding hydrogens is 543 g/mol. The van der Waals surface area contributed by atoms with Crippen molar-refractivity contribution in [2.45, 2.75) is 0 Å². The molecule has 3 aromatic rings. The van der Waals surface area contributed by atoms with Gasteiger partial charge in [-0.1, -0.05) is 11.6 Å². The van der Waals surface area contributed by atoms with E-state index in [1.807, 2.05) is 22.6 Å². The number of aromatic nitrogens is 1. The second-order valence-corrected chi connectivity index (χ2v) is 7.43. The smallest absolute Gasteiger partial charge is 0.347 e. The minimum atomic E-state index is -0.645. The number of aromatic hydroxyl groups is 1. The molecule has 1 N–H and O–H groups in total. The van der Waals surface area contributed by atoms with Crippen molar-refractivity contribution in [2.75, 3.05) is 0 Å². The SMILES string of the molecule is O=C(Oc1ccc(Cl)c2cccnc12)c1cc(I)cc(I)c1O. The number of hydrogen-bond donors (Lipinski definition) is 1. The van der Waals surface area contributed by atoms with Gasteiger partial charge in [0.15, 0.2) is 5.75 Å². The highest BCUT2D eigenvalue weighted by Crippen LogP contribution is 2.32. The molecule has 0 atom stereocenters. The van der Waals surface area contributed by atoms with Crippen molar-refractivity contribution < 1.29 is 14.6 Å². The van der Waals surface area contributed by atoms with Crippen LogP contribution in [0.15, 0.2) is 42.6 Å². The standard InChI is InChI=1S/C16H8ClI2NO3/c17-11-3-4-13(14-9(11)2-1-5-20-14)23-16(22)10-6-8(18)7-12(19)15(10)21/h1-7,21H. The number of carbonyl (C=O) groups excluding carboxylic acids is 1. The van der Waals surface area contributed by atoms with Gasteiger partial charge in [0.2, 0.25) is 0 Å². The van der Waals surface area contributed by atoms with Gasteiger partial charge in [0, 0.05) is 15.2 Å². The number of nitrogens with zero attached hydrogens (tertiary/aromatic N) is 1. The molecule has 2 aromatic carbocycles. The van der Waals surface area contributed by atoms with Crippen LogP contribution in [0, 0.1) is 7.14 Å². The van der Waals surface area contributed by atoms with Gasteiger partial charge in [-0.3, -0.25) is 4.98 Å². The maximum absolute atomic E-state index is 12.4. The molecule has 0 bridgehead atoms. The molecule has 0 spiro atoms. The fraction of sp³-hybridized carbons (Fsp3) is 0. The Bertz CT molecular complexity index is 931. The zero-order valence-electron chi connectivity index (χ0n) is 11.4. The first-order valence-electron chi connectivity index (χ1n) is 6.41. The average Bonchev–Trinajstić information content (AvgIpc) is 2.53. The van der Waals surface area contributed by atoms with E-state index in [-0.39, 0.29) is 11.3 Å². The monoisotopic (exact) mass is 551 g/mol. The number of ether oxygens (including phenoxy) is 1. The molecule has 0 saturated heterocycles. The number of halogens is 3. The van der Waals surface area contributed by atoms with E-state index in [2.05, 4.69) is 27.6 Å². The van der Waals surface area contributed by atoms with Crippen molar-refractivity contribution in [2.24, 2.45) is 0 Å². The number of fused-ring (bicyclic) bond motifs is 1. The normalized spacial score (nSPS) is 10.7. The fourth-order valence-corrected chi connectivity index (χ4v) is 4.13. The van der Waals surface area contributed by atoms with Gasteiger partial charge in [0.25, 0.3) is 0 Å². The molecule has 0 unspecified atom stereocenters. The third kappa shape index (κ3) is 3.38. The summed E-state index contributed by atoms with van der Waals surface area (Å²) in [6, 6.07) is 10.1. The van der Waals surface area contributed by atoms with Gasteiger partial charge in [0.05, 0.1) is 8.59 Å². The lowest BCUT2D eigenvalue weighted by Crippen LogP contribution is -2.10. The molecule has 1 aromatic heterocycles. The van der Waals surface area contributed by atoms with Gasteiger partial charge in [0.1, 0.15) is 16.8 Å². The summed E-state index contributed by atoms with van der Waals surface area (Å²) in [5, 5.41) is 11.3. The van der Waals surface area contributed by atoms with Crippen LogP contribution < -0.4 is 4.74 Å². The lowest BCUT2D eigenvalue weighted by Gasteiger charge is -2.10. The van der Waals surface area contributed by atoms with Gasteiger partial charge >= 0.3 is 5.97 Å². The van der Waals surface area contributed by atoms with Crippen LogP contribution in [0.1, 0.15) is 10.4 Å². The van der Waals surface area contributed by atoms with Gasteiger partial charge in [-0.05, 0) is 81.6 Å². The van der Waals surface area contributed by atoms with Gasteiger partial charge < -0.3 is 9.84 Å². The molecule has 0 aliphatic rings. The number of phenols is 1. The van der Waals surface area contributed by atoms with Crippen LogP contribution in [0.4, 0.5) is 0 Å². The zero-order valence-corrected chi connectivity index (χ0v) is 16.5. The third-order valence-electron chi connectivity index (χ3n) is 3.13. The summed E-state index contributed by atoms with van der Waals surface area (Å²) in [7, 11) is 0. The van der Waals surface area contributed by atoms with Crippen LogP contribution in [0.25, 0.3) is 10.9 Å². The minimum Gasteiger partial charge on any atom is -0.506 e. The highest BCUT2D eigenvalue weighted by molar-refractivity contribution is 14.1. The maximum atomic E-state index is 12.4. The highest BCUT2D eigenvalue weighted by Gasteiger charge is 2.18. The molecule has 1 heterocycles. The number of pyridine rings is 1. The summed E-state index contributed by atoms with van der Waals surface area (Å²) < 4.78 is 6.85. The summed E-state index contributed by atoms with van der Waals surface area (Å²) in [6.45, 7) is 0. The van der Waals surface area contributed by atoms with E-state index >= 15 is 0 Å². The van der Waals surface area contributed by atoms with Crippen LogP contribution in [-0.2, 0) is 0 Å². The van der Waals surface area contributed by atoms with E-state index in [1.165, 1.54) is 0 Å². The highest BCUT2D eigenvalue weighted by atomic mass is 127. The number of carbonyl (C=O) groups is 1. The minimum absolute atomic E-state index is 0.0951. The molecule has 0 fully saturated rings. The van der Waals surface area contributed by atoms with E-state index < -0.39 is 5.97 Å². The first kappa shape index (κ1) is 16.7. The average molecular weight is 552 g/mol. The van der Waals surface area contributed by atoms with E-state index in [0.29, 0.717) is 25.2 Å². The fourth-order valence-electron chi connectivity index (χ4n) is 2.07. The Morgan fingerprint density at radius 1 is 1.22 bits per heavy atom. The van der Waals surface area contributed by atoms with Crippen molar-refractivity contribution >= 4 is 73.7 Å². The van der Waals surface area contributed by atoms with Gasteiger partial charge in [-0.2, -0.15) is 0 Å². The molecule has 0 radical (unpaired) electrons. The Morgan fingerprint density at radius 3 is 2.78 bits per heavy atom. The number of phenolic OH excluding ortho intramolecular Hbond substituents is 1. The number of hydrogen-bond acceptors (Lipinski definition) is 4. The van der Waals surface area contributed by atoms with Crippen LogP contribution >= 0.6 is 56.8 Å². The zero-order chi connectivity index (χ0) is 16.6.